The van der Waals surface area contributed by atoms with E-state index < -0.39 is 4.90 Å². The maximum absolute atomic E-state index is 2.61. The van der Waals surface area contributed by atoms with Crippen LogP contribution in [-0.2, 0) is 0 Å². The topological polar surface area (TPSA) is 0 Å². The zero-order valence-electron chi connectivity index (χ0n) is 5.24. The van der Waals surface area contributed by atoms with Gasteiger partial charge in [0.15, 0.2) is 22.0 Å². The summed E-state index contributed by atoms with van der Waals surface area (Å²) < 4.78 is 0. The van der Waals surface area contributed by atoms with Gasteiger partial charge in [-0.1, -0.05) is 0 Å². The molecule has 0 aliphatic rings. The van der Waals surface area contributed by atoms with Gasteiger partial charge in [-0.2, -0.15) is 0 Å². The molecule has 0 nitrogen and oxygen atoms in total. The molecule has 0 atom stereocenters. The molecule has 7 heavy (non-hydrogen) atoms. The van der Waals surface area contributed by atoms with E-state index in [2.05, 4.69) is 42.6 Å². The van der Waals surface area contributed by atoms with Crippen LogP contribution in [0.25, 0.3) is 0 Å². The van der Waals surface area contributed by atoms with Crippen molar-refractivity contribution in [3.8, 4) is 0 Å². The first-order valence-corrected chi connectivity index (χ1v) is 8.05. The van der Waals surface area contributed by atoms with E-state index in [1.807, 2.05) is 0 Å². The van der Waals surface area contributed by atoms with Crippen LogP contribution in [0.3, 0.4) is 0 Å². The molecule has 0 N–H and O–H groups in total. The molecule has 0 aliphatic carbocycles. The van der Waals surface area contributed by atoms with Crippen LogP contribution in [0.5, 0.6) is 0 Å². The third kappa shape index (κ3) is 3.72. The van der Waals surface area contributed by atoms with E-state index in [4.69, 9.17) is 0 Å². The molecule has 0 aliphatic heterocycles. The molecule has 0 bridgehead atoms. The molecular weight excluding hydrogens is 218 g/mol. The Morgan fingerprint density at radius 3 is 1.57 bits per heavy atom. The van der Waals surface area contributed by atoms with Crippen LogP contribution < -0.4 is 0 Å². The Bertz CT molecular complexity index is 46.0. The standard InChI is InChI=1S/C5H13IP/c1-4-7(3,6)5-2/h4-5H2,1-3H3/q+1. The minimum atomic E-state index is -0.434. The average molecular weight is 231 g/mol. The third-order valence-corrected chi connectivity index (χ3v) is 8.05. The summed E-state index contributed by atoms with van der Waals surface area (Å²) in [6, 6.07) is 0. The van der Waals surface area contributed by atoms with Crippen molar-refractivity contribution in [1.82, 2.24) is 0 Å². The van der Waals surface area contributed by atoms with Crippen molar-refractivity contribution >= 4 is 26.9 Å². The average Bonchev–Trinajstić information content (AvgIpc) is 1.68. The van der Waals surface area contributed by atoms with Gasteiger partial charge < -0.3 is 0 Å². The molecule has 0 unspecified atom stereocenters. The Labute approximate surface area is 59.9 Å². The molecule has 0 saturated heterocycles. The molecule has 2 heteroatoms. The summed E-state index contributed by atoms with van der Waals surface area (Å²) in [6.07, 6.45) is 2.79. The first kappa shape index (κ1) is 8.16. The summed E-state index contributed by atoms with van der Waals surface area (Å²) in [7, 11) is 0. The van der Waals surface area contributed by atoms with Crippen LogP contribution in [0.4, 0.5) is 0 Å². The molecule has 0 spiro atoms. The van der Waals surface area contributed by atoms with Gasteiger partial charge in [0.05, 0.1) is 23.9 Å². The van der Waals surface area contributed by atoms with Gasteiger partial charge in [-0.25, -0.2) is 0 Å². The molecule has 0 saturated carbocycles. The van der Waals surface area contributed by atoms with Crippen LogP contribution in [-0.4, -0.2) is 19.0 Å². The molecule has 44 valence electrons. The molecule has 0 aromatic rings. The van der Waals surface area contributed by atoms with Crippen molar-refractivity contribution in [2.75, 3.05) is 19.0 Å². The minimum Gasteiger partial charge on any atom is -0.0305 e. The van der Waals surface area contributed by atoms with E-state index in [1.54, 1.807) is 0 Å². The second kappa shape index (κ2) is 3.24. The van der Waals surface area contributed by atoms with Gasteiger partial charge in [0.2, 0.25) is 0 Å². The monoisotopic (exact) mass is 231 g/mol. The van der Waals surface area contributed by atoms with Gasteiger partial charge in [-0.05, 0) is 13.8 Å². The van der Waals surface area contributed by atoms with E-state index in [9.17, 15) is 0 Å². The van der Waals surface area contributed by atoms with Crippen LogP contribution in [0, 0.1) is 0 Å². The van der Waals surface area contributed by atoms with Gasteiger partial charge in [-0.15, -0.1) is 0 Å². The van der Waals surface area contributed by atoms with Gasteiger partial charge in [0.25, 0.3) is 0 Å². The lowest BCUT2D eigenvalue weighted by atomic mass is 11.0. The van der Waals surface area contributed by atoms with E-state index in [0.717, 1.165) is 0 Å². The second-order valence-corrected chi connectivity index (χ2v) is 12.7. The van der Waals surface area contributed by atoms with Gasteiger partial charge in [-0.3, -0.25) is 0 Å². The van der Waals surface area contributed by atoms with Crippen LogP contribution >= 0.6 is 26.9 Å². The summed E-state index contributed by atoms with van der Waals surface area (Å²) in [5.41, 5.74) is 0. The first-order chi connectivity index (χ1) is 3.12. The Balaban J connectivity index is 3.36. The molecule has 0 rings (SSSR count). The highest BCUT2D eigenvalue weighted by Gasteiger charge is 2.21. The maximum atomic E-state index is 2.61. The molecule has 0 amide bonds. The smallest absolute Gasteiger partial charge is 0.0305 e. The largest absolute Gasteiger partial charge is 0.154 e. The Hall–Kier alpha value is 1.16. The van der Waals surface area contributed by atoms with E-state index >= 15 is 0 Å². The van der Waals surface area contributed by atoms with Gasteiger partial charge >= 0.3 is 0 Å². The highest BCUT2D eigenvalue weighted by atomic mass is 127. The number of halogens is 1. The van der Waals surface area contributed by atoms with Crippen LogP contribution in [0.2, 0.25) is 0 Å². The minimum absolute atomic E-state index is 0.434. The predicted molar refractivity (Wildman–Crippen MR) is 47.9 cm³/mol. The number of hydrogen-bond acceptors (Lipinski definition) is 0. The fourth-order valence-corrected chi connectivity index (χ4v) is 0.671. The van der Waals surface area contributed by atoms with E-state index in [1.165, 1.54) is 12.3 Å². The summed E-state index contributed by atoms with van der Waals surface area (Å²) in [5, 5.41) is 0. The van der Waals surface area contributed by atoms with Crippen molar-refractivity contribution in [1.29, 1.82) is 0 Å². The predicted octanol–water partition coefficient (Wildman–Crippen LogP) is 3.02. The summed E-state index contributed by atoms with van der Waals surface area (Å²) >= 11 is 2.61. The molecule has 0 fully saturated rings. The highest BCUT2D eigenvalue weighted by Crippen LogP contribution is 2.62. The summed E-state index contributed by atoms with van der Waals surface area (Å²) in [4.78, 5) is -0.434. The molecule has 0 heterocycles. The first-order valence-electron chi connectivity index (χ1n) is 2.66. The lowest BCUT2D eigenvalue weighted by Gasteiger charge is -2.07. The maximum Gasteiger partial charge on any atom is 0.154 e. The zero-order chi connectivity index (χ0) is 5.91. The molecular formula is C5H13IP+. The van der Waals surface area contributed by atoms with Gasteiger partial charge in [0.1, 0.15) is 0 Å². The number of rotatable bonds is 2. The van der Waals surface area contributed by atoms with Crippen molar-refractivity contribution in [3.63, 3.8) is 0 Å². The molecule has 0 aromatic heterocycles. The van der Waals surface area contributed by atoms with Crippen LogP contribution in [0.1, 0.15) is 13.8 Å². The summed E-state index contributed by atoms with van der Waals surface area (Å²) in [6.45, 7) is 6.96. The summed E-state index contributed by atoms with van der Waals surface area (Å²) in [5.74, 6) is 0. The Morgan fingerprint density at radius 2 is 1.57 bits per heavy atom. The lowest BCUT2D eigenvalue weighted by molar-refractivity contribution is 1.41. The zero-order valence-corrected chi connectivity index (χ0v) is 8.29. The van der Waals surface area contributed by atoms with E-state index in [0.29, 0.717) is 0 Å². The quantitative estimate of drug-likeness (QED) is 0.506. The second-order valence-electron chi connectivity index (χ2n) is 1.90. The molecule has 0 radical (unpaired) electrons. The van der Waals surface area contributed by atoms with Crippen LogP contribution in [0.15, 0.2) is 0 Å². The fraction of sp³-hybridized carbons (Fsp3) is 1.00. The lowest BCUT2D eigenvalue weighted by Crippen LogP contribution is -1.85. The normalized spacial score (nSPS) is 12.0. The fourth-order valence-electron chi connectivity index (χ4n) is 0.224. The van der Waals surface area contributed by atoms with Crippen molar-refractivity contribution < 1.29 is 0 Å². The van der Waals surface area contributed by atoms with Gasteiger partial charge in [0, 0.05) is 0 Å². The third-order valence-electron chi connectivity index (χ3n) is 1.32. The van der Waals surface area contributed by atoms with Crippen molar-refractivity contribution in [3.05, 3.63) is 0 Å². The SMILES string of the molecule is CC[P+](C)(I)CC. The highest BCUT2D eigenvalue weighted by molar-refractivity contribution is 14.2. The van der Waals surface area contributed by atoms with E-state index in [-0.39, 0.29) is 0 Å². The van der Waals surface area contributed by atoms with Crippen molar-refractivity contribution in [2.45, 2.75) is 13.8 Å². The number of hydrogen-bond donors (Lipinski definition) is 0. The molecule has 0 aromatic carbocycles. The van der Waals surface area contributed by atoms with Crippen molar-refractivity contribution in [2.24, 2.45) is 0 Å². The Kier molecular flexibility index (Phi) is 3.77. The Morgan fingerprint density at radius 1 is 1.29 bits per heavy atom.